The van der Waals surface area contributed by atoms with Crippen molar-refractivity contribution in [2.75, 3.05) is 0 Å². The smallest absolute Gasteiger partial charge is 0.157 e. The van der Waals surface area contributed by atoms with Crippen molar-refractivity contribution in [2.24, 2.45) is 0 Å². The molecule has 0 N–H and O–H groups in total. The average Bonchev–Trinajstić information content (AvgIpc) is 2.60. The Bertz CT molecular complexity index is 642. The van der Waals surface area contributed by atoms with Gasteiger partial charge in [-0.2, -0.15) is 0 Å². The molecule has 0 aliphatic rings. The summed E-state index contributed by atoms with van der Waals surface area (Å²) in [5.74, 6) is -0.310. The second-order valence-corrected chi connectivity index (χ2v) is 7.95. The third kappa shape index (κ3) is 2.50. The summed E-state index contributed by atoms with van der Waals surface area (Å²) in [5, 5.41) is 0.101. The lowest BCUT2D eigenvalue weighted by Crippen LogP contribution is -2.15. The Morgan fingerprint density at radius 1 is 1.35 bits per heavy atom. The van der Waals surface area contributed by atoms with Crippen molar-refractivity contribution in [3.8, 4) is 0 Å². The predicted molar refractivity (Wildman–Crippen MR) is 69.5 cm³/mol. The minimum Gasteiger partial charge on any atom is -0.228 e. The lowest BCUT2D eigenvalue weighted by molar-refractivity contribution is 0.587. The Balaban J connectivity index is 2.42. The number of rotatable bonds is 3. The molecular weight excluding hydrogens is 259 g/mol. The van der Waals surface area contributed by atoms with Crippen LogP contribution in [0.5, 0.6) is 0 Å². The normalized spacial score (nSPS) is 12.5. The zero-order valence-corrected chi connectivity index (χ0v) is 11.2. The number of sulfone groups is 1. The fraction of sp³-hybridized carbons (Fsp3) is 0.333. The Kier molecular flexibility index (Phi) is 3.23. The second-order valence-electron chi connectivity index (χ2n) is 4.22. The summed E-state index contributed by atoms with van der Waals surface area (Å²) < 4.78 is 37.8. The van der Waals surface area contributed by atoms with E-state index in [1.165, 1.54) is 17.4 Å². The molecule has 0 amide bonds. The zero-order valence-electron chi connectivity index (χ0n) is 9.60. The Labute approximate surface area is 104 Å². The lowest BCUT2D eigenvalue weighted by Gasteiger charge is -2.04. The molecule has 1 aromatic heterocycles. The van der Waals surface area contributed by atoms with E-state index in [0.29, 0.717) is 10.3 Å². The van der Waals surface area contributed by atoms with Gasteiger partial charge in [0.05, 0.1) is 11.0 Å². The number of hydrogen-bond donors (Lipinski definition) is 0. The van der Waals surface area contributed by atoms with Crippen LogP contribution in [0.25, 0.3) is 10.1 Å². The SMILES string of the molecule is CC(C)S(=O)(=O)Cc1cc2c(F)cccc2s1. The summed E-state index contributed by atoms with van der Waals surface area (Å²) in [7, 11) is -3.12. The topological polar surface area (TPSA) is 34.1 Å². The van der Waals surface area contributed by atoms with Crippen LogP contribution in [0.4, 0.5) is 4.39 Å². The third-order valence-electron chi connectivity index (χ3n) is 2.62. The van der Waals surface area contributed by atoms with E-state index in [4.69, 9.17) is 0 Å². The van der Waals surface area contributed by atoms with E-state index < -0.39 is 15.1 Å². The summed E-state index contributed by atoms with van der Waals surface area (Å²) in [4.78, 5) is 0.693. The molecule has 0 bridgehead atoms. The molecule has 0 spiro atoms. The quantitative estimate of drug-likeness (QED) is 0.858. The molecule has 0 aliphatic carbocycles. The van der Waals surface area contributed by atoms with Crippen LogP contribution in [0.2, 0.25) is 0 Å². The predicted octanol–water partition coefficient (Wildman–Crippen LogP) is 3.36. The van der Waals surface area contributed by atoms with Crippen molar-refractivity contribution < 1.29 is 12.8 Å². The highest BCUT2D eigenvalue weighted by molar-refractivity contribution is 7.91. The van der Waals surface area contributed by atoms with Crippen LogP contribution in [0.1, 0.15) is 18.7 Å². The largest absolute Gasteiger partial charge is 0.228 e. The van der Waals surface area contributed by atoms with Crippen LogP contribution in [-0.2, 0) is 15.6 Å². The van der Waals surface area contributed by atoms with E-state index in [9.17, 15) is 12.8 Å². The maximum absolute atomic E-state index is 13.4. The van der Waals surface area contributed by atoms with Gasteiger partial charge in [0.1, 0.15) is 5.82 Å². The molecule has 0 saturated heterocycles. The van der Waals surface area contributed by atoms with Gasteiger partial charge in [-0.1, -0.05) is 6.07 Å². The third-order valence-corrected chi connectivity index (χ3v) is 6.05. The molecule has 2 nitrogen and oxygen atoms in total. The fourth-order valence-corrected chi connectivity index (χ4v) is 3.93. The molecule has 1 heterocycles. The first-order chi connectivity index (χ1) is 7.90. The van der Waals surface area contributed by atoms with E-state index in [1.807, 2.05) is 0 Å². The molecule has 1 aromatic carbocycles. The molecule has 2 aromatic rings. The van der Waals surface area contributed by atoms with Gasteiger partial charge in [-0.05, 0) is 32.0 Å². The number of halogens is 1. The van der Waals surface area contributed by atoms with Crippen molar-refractivity contribution >= 4 is 31.3 Å². The first-order valence-corrected chi connectivity index (χ1v) is 7.82. The molecule has 2 rings (SSSR count). The molecule has 0 radical (unpaired) electrons. The monoisotopic (exact) mass is 272 g/mol. The summed E-state index contributed by atoms with van der Waals surface area (Å²) in [6, 6.07) is 6.45. The van der Waals surface area contributed by atoms with Crippen LogP contribution in [0.15, 0.2) is 24.3 Å². The Morgan fingerprint density at radius 2 is 2.06 bits per heavy atom. The first-order valence-electron chi connectivity index (χ1n) is 5.28. The van der Waals surface area contributed by atoms with Crippen LogP contribution in [-0.4, -0.2) is 13.7 Å². The molecular formula is C12H13FO2S2. The van der Waals surface area contributed by atoms with Crippen molar-refractivity contribution in [1.82, 2.24) is 0 Å². The number of thiophene rings is 1. The van der Waals surface area contributed by atoms with E-state index in [-0.39, 0.29) is 11.6 Å². The van der Waals surface area contributed by atoms with Gasteiger partial charge in [0.2, 0.25) is 0 Å². The van der Waals surface area contributed by atoms with E-state index in [1.54, 1.807) is 32.0 Å². The molecule has 0 atom stereocenters. The van der Waals surface area contributed by atoms with E-state index >= 15 is 0 Å². The maximum atomic E-state index is 13.4. The maximum Gasteiger partial charge on any atom is 0.157 e. The molecule has 17 heavy (non-hydrogen) atoms. The summed E-state index contributed by atoms with van der Waals surface area (Å²) >= 11 is 1.34. The van der Waals surface area contributed by atoms with Gasteiger partial charge in [-0.15, -0.1) is 11.3 Å². The molecule has 0 fully saturated rings. The highest BCUT2D eigenvalue weighted by Gasteiger charge is 2.18. The van der Waals surface area contributed by atoms with Crippen molar-refractivity contribution in [2.45, 2.75) is 24.9 Å². The molecule has 0 aliphatic heterocycles. The van der Waals surface area contributed by atoms with Crippen LogP contribution in [0.3, 0.4) is 0 Å². The number of benzene rings is 1. The van der Waals surface area contributed by atoms with Crippen molar-refractivity contribution in [3.05, 3.63) is 35.0 Å². The first kappa shape index (κ1) is 12.5. The van der Waals surface area contributed by atoms with Gasteiger partial charge < -0.3 is 0 Å². The summed E-state index contributed by atoms with van der Waals surface area (Å²) in [5.41, 5.74) is 0. The van der Waals surface area contributed by atoms with Crippen LogP contribution in [0, 0.1) is 5.82 Å². The Morgan fingerprint density at radius 3 is 2.65 bits per heavy atom. The minimum absolute atomic E-state index is 0.0105. The number of fused-ring (bicyclic) bond motifs is 1. The summed E-state index contributed by atoms with van der Waals surface area (Å²) in [6.07, 6.45) is 0. The zero-order chi connectivity index (χ0) is 12.6. The standard InChI is InChI=1S/C12H13FO2S2/c1-8(2)17(14,15)7-9-6-10-11(13)4-3-5-12(10)16-9/h3-6,8H,7H2,1-2H3. The number of hydrogen-bond acceptors (Lipinski definition) is 3. The minimum atomic E-state index is -3.12. The van der Waals surface area contributed by atoms with Gasteiger partial charge in [0.15, 0.2) is 9.84 Å². The van der Waals surface area contributed by atoms with Gasteiger partial charge in [0, 0.05) is 15.0 Å². The van der Waals surface area contributed by atoms with Gasteiger partial charge in [0.25, 0.3) is 0 Å². The molecule has 5 heteroatoms. The van der Waals surface area contributed by atoms with Crippen molar-refractivity contribution in [1.29, 1.82) is 0 Å². The van der Waals surface area contributed by atoms with Gasteiger partial charge in [-0.3, -0.25) is 0 Å². The van der Waals surface area contributed by atoms with Gasteiger partial charge in [-0.25, -0.2) is 12.8 Å². The van der Waals surface area contributed by atoms with Crippen LogP contribution < -0.4 is 0 Å². The molecule has 0 saturated carbocycles. The van der Waals surface area contributed by atoms with Crippen molar-refractivity contribution in [3.63, 3.8) is 0 Å². The van der Waals surface area contributed by atoms with Crippen LogP contribution >= 0.6 is 11.3 Å². The Hall–Kier alpha value is -0.940. The molecule has 92 valence electrons. The van der Waals surface area contributed by atoms with E-state index in [0.717, 1.165) is 4.70 Å². The lowest BCUT2D eigenvalue weighted by atomic mass is 10.2. The van der Waals surface area contributed by atoms with Gasteiger partial charge >= 0.3 is 0 Å². The summed E-state index contributed by atoms with van der Waals surface area (Å²) in [6.45, 7) is 3.31. The average molecular weight is 272 g/mol. The van der Waals surface area contributed by atoms with E-state index in [2.05, 4.69) is 0 Å². The highest BCUT2D eigenvalue weighted by atomic mass is 32.2. The molecule has 0 unspecified atom stereocenters. The highest BCUT2D eigenvalue weighted by Crippen LogP contribution is 2.29. The second kappa shape index (κ2) is 4.38. The fourth-order valence-electron chi connectivity index (χ4n) is 1.51.